The van der Waals surface area contributed by atoms with Gasteiger partial charge in [0.05, 0.1) is 0 Å². The molecule has 5 rings (SSSR count). The molecule has 2 N–H and O–H groups in total. The van der Waals surface area contributed by atoms with Crippen LogP contribution in [0.5, 0.6) is 0 Å². The zero-order valence-electron chi connectivity index (χ0n) is 14.7. The fourth-order valence-corrected chi connectivity index (χ4v) is 7.36. The van der Waals surface area contributed by atoms with Gasteiger partial charge in [0.25, 0.3) is 0 Å². The van der Waals surface area contributed by atoms with Crippen molar-refractivity contribution >= 4 is 0 Å². The molecule has 0 radical (unpaired) electrons. The lowest BCUT2D eigenvalue weighted by molar-refractivity contribution is -0.117. The molecule has 23 heavy (non-hydrogen) atoms. The van der Waals surface area contributed by atoms with E-state index in [-0.39, 0.29) is 0 Å². The number of hydrogen-bond donors (Lipinski definition) is 2. The van der Waals surface area contributed by atoms with Crippen LogP contribution in [0.15, 0.2) is 0 Å². The van der Waals surface area contributed by atoms with Gasteiger partial charge in [0.2, 0.25) is 0 Å². The maximum Gasteiger partial charge on any atom is 0.0179 e. The molecule has 0 amide bonds. The molecule has 130 valence electrons. The Morgan fingerprint density at radius 2 is 1.74 bits per heavy atom. The third-order valence-electron chi connectivity index (χ3n) is 8.16. The molecule has 3 heteroatoms. The Balaban J connectivity index is 1.50. The van der Waals surface area contributed by atoms with E-state index < -0.39 is 0 Å². The van der Waals surface area contributed by atoms with Crippen molar-refractivity contribution in [3.63, 3.8) is 0 Å². The first-order chi connectivity index (χ1) is 11.4. The highest BCUT2D eigenvalue weighted by Crippen LogP contribution is 2.55. The van der Waals surface area contributed by atoms with Gasteiger partial charge in [-0.05, 0) is 82.8 Å². The molecular formula is C20H35N3. The van der Waals surface area contributed by atoms with E-state index in [1.54, 1.807) is 0 Å². The molecule has 3 nitrogen and oxygen atoms in total. The monoisotopic (exact) mass is 317 g/mol. The summed E-state index contributed by atoms with van der Waals surface area (Å²) in [5.74, 6) is 1.96. The Bertz CT molecular complexity index is 431. The van der Waals surface area contributed by atoms with Crippen LogP contribution in [0.4, 0.5) is 0 Å². The lowest BCUT2D eigenvalue weighted by Crippen LogP contribution is -2.72. The van der Waals surface area contributed by atoms with E-state index in [9.17, 15) is 0 Å². The van der Waals surface area contributed by atoms with Crippen molar-refractivity contribution in [3.05, 3.63) is 0 Å². The van der Waals surface area contributed by atoms with Crippen molar-refractivity contribution in [2.45, 2.75) is 82.3 Å². The van der Waals surface area contributed by atoms with Crippen LogP contribution < -0.4 is 10.6 Å². The SMILES string of the molecule is C1CC[C@@H]([C@@]23C[C@@H](C[C@H]4CCCN[C@H]42)[C@H]2CCCCN2C3)NC1. The average molecular weight is 318 g/mol. The smallest absolute Gasteiger partial charge is 0.0179 e. The first-order valence-electron chi connectivity index (χ1n) is 10.6. The van der Waals surface area contributed by atoms with E-state index in [2.05, 4.69) is 15.5 Å². The van der Waals surface area contributed by atoms with E-state index >= 15 is 0 Å². The highest BCUT2D eigenvalue weighted by molar-refractivity contribution is 5.14. The zero-order chi connectivity index (χ0) is 15.3. The van der Waals surface area contributed by atoms with Crippen LogP contribution in [-0.4, -0.2) is 49.2 Å². The summed E-state index contributed by atoms with van der Waals surface area (Å²) in [7, 11) is 0. The molecule has 5 fully saturated rings. The number of nitrogens with one attached hydrogen (secondary N) is 2. The molecule has 4 saturated heterocycles. The van der Waals surface area contributed by atoms with Gasteiger partial charge in [0.15, 0.2) is 0 Å². The van der Waals surface area contributed by atoms with Crippen LogP contribution in [0.2, 0.25) is 0 Å². The van der Waals surface area contributed by atoms with Gasteiger partial charge in [-0.1, -0.05) is 12.8 Å². The molecule has 0 spiro atoms. The number of nitrogens with zero attached hydrogens (tertiary/aromatic N) is 1. The van der Waals surface area contributed by atoms with E-state index in [1.165, 1.54) is 90.4 Å². The van der Waals surface area contributed by atoms with Crippen LogP contribution >= 0.6 is 0 Å². The third kappa shape index (κ3) is 2.41. The second kappa shape index (κ2) is 6.00. The average Bonchev–Trinajstić information content (AvgIpc) is 2.63. The second-order valence-electron chi connectivity index (χ2n) is 9.30. The topological polar surface area (TPSA) is 27.3 Å². The van der Waals surface area contributed by atoms with E-state index in [0.29, 0.717) is 5.41 Å². The van der Waals surface area contributed by atoms with E-state index in [1.807, 2.05) is 0 Å². The molecule has 6 atom stereocenters. The maximum atomic E-state index is 4.04. The number of hydrogen-bond acceptors (Lipinski definition) is 3. The summed E-state index contributed by atoms with van der Waals surface area (Å²) in [4.78, 5) is 2.94. The Labute approximate surface area is 142 Å². The van der Waals surface area contributed by atoms with Gasteiger partial charge in [-0.3, -0.25) is 4.90 Å². The van der Waals surface area contributed by atoms with Gasteiger partial charge in [-0.25, -0.2) is 0 Å². The van der Waals surface area contributed by atoms with Gasteiger partial charge in [0, 0.05) is 30.1 Å². The Morgan fingerprint density at radius 1 is 0.826 bits per heavy atom. The summed E-state index contributed by atoms with van der Waals surface area (Å²) >= 11 is 0. The molecule has 0 unspecified atom stereocenters. The Morgan fingerprint density at radius 3 is 2.65 bits per heavy atom. The van der Waals surface area contributed by atoms with Crippen molar-refractivity contribution < 1.29 is 0 Å². The fraction of sp³-hybridized carbons (Fsp3) is 1.00. The van der Waals surface area contributed by atoms with Crippen molar-refractivity contribution in [1.29, 1.82) is 0 Å². The van der Waals surface area contributed by atoms with E-state index in [0.717, 1.165) is 30.0 Å². The summed E-state index contributed by atoms with van der Waals surface area (Å²) in [5, 5.41) is 8.04. The van der Waals surface area contributed by atoms with Crippen LogP contribution in [0, 0.1) is 17.3 Å². The summed E-state index contributed by atoms with van der Waals surface area (Å²) < 4.78 is 0. The summed E-state index contributed by atoms with van der Waals surface area (Å²) in [5.41, 5.74) is 0.530. The summed E-state index contributed by atoms with van der Waals surface area (Å²) in [6.45, 7) is 5.30. The summed E-state index contributed by atoms with van der Waals surface area (Å²) in [6, 6.07) is 2.51. The van der Waals surface area contributed by atoms with Crippen LogP contribution in [0.1, 0.15) is 64.2 Å². The minimum absolute atomic E-state index is 0.530. The minimum atomic E-state index is 0.530. The van der Waals surface area contributed by atoms with Crippen LogP contribution in [-0.2, 0) is 0 Å². The highest BCUT2D eigenvalue weighted by atomic mass is 15.2. The van der Waals surface area contributed by atoms with E-state index in [4.69, 9.17) is 0 Å². The van der Waals surface area contributed by atoms with Gasteiger partial charge in [0.1, 0.15) is 0 Å². The number of rotatable bonds is 1. The zero-order valence-corrected chi connectivity index (χ0v) is 14.7. The molecule has 0 aromatic carbocycles. The van der Waals surface area contributed by atoms with Gasteiger partial charge < -0.3 is 10.6 Å². The third-order valence-corrected chi connectivity index (χ3v) is 8.16. The highest BCUT2D eigenvalue weighted by Gasteiger charge is 2.58. The Hall–Kier alpha value is -0.120. The van der Waals surface area contributed by atoms with Crippen LogP contribution in [0.25, 0.3) is 0 Å². The fourth-order valence-electron chi connectivity index (χ4n) is 7.36. The number of fused-ring (bicyclic) bond motifs is 6. The van der Waals surface area contributed by atoms with Gasteiger partial charge in [-0.2, -0.15) is 0 Å². The lowest BCUT2D eigenvalue weighted by Gasteiger charge is -2.64. The maximum absolute atomic E-state index is 4.04. The van der Waals surface area contributed by atoms with Crippen molar-refractivity contribution in [2.24, 2.45) is 17.3 Å². The molecule has 4 heterocycles. The van der Waals surface area contributed by atoms with Gasteiger partial charge >= 0.3 is 0 Å². The van der Waals surface area contributed by atoms with Crippen LogP contribution in [0.3, 0.4) is 0 Å². The molecule has 0 aromatic heterocycles. The second-order valence-corrected chi connectivity index (χ2v) is 9.30. The largest absolute Gasteiger partial charge is 0.313 e. The standard InChI is InChI=1S/C20H35N3/c1-3-9-21-18(8-1)20-13-16(12-15-6-5-10-22-19(15)20)17-7-2-4-11-23(17)14-20/h15-19,21-22H,1-14H2/t15-,16-,17-,18+,19-,20+/m1/s1. The molecule has 1 saturated carbocycles. The number of piperidine rings is 4. The molecule has 5 aliphatic rings. The van der Waals surface area contributed by atoms with Crippen molar-refractivity contribution in [1.82, 2.24) is 15.5 Å². The summed E-state index contributed by atoms with van der Waals surface area (Å²) in [6.07, 6.45) is 14.6. The molecule has 4 aliphatic heterocycles. The minimum Gasteiger partial charge on any atom is -0.313 e. The lowest BCUT2D eigenvalue weighted by atomic mass is 9.52. The van der Waals surface area contributed by atoms with Crippen molar-refractivity contribution in [3.8, 4) is 0 Å². The molecule has 0 aromatic rings. The molecular weight excluding hydrogens is 282 g/mol. The normalized spacial score (nSPS) is 50.9. The first-order valence-corrected chi connectivity index (χ1v) is 10.6. The molecule has 2 bridgehead atoms. The Kier molecular flexibility index (Phi) is 3.95. The molecule has 1 aliphatic carbocycles. The first kappa shape index (κ1) is 15.2. The predicted octanol–water partition coefficient (Wildman–Crippen LogP) is 2.76. The van der Waals surface area contributed by atoms with Gasteiger partial charge in [-0.15, -0.1) is 0 Å². The van der Waals surface area contributed by atoms with Crippen molar-refractivity contribution in [2.75, 3.05) is 26.2 Å². The quantitative estimate of drug-likeness (QED) is 0.779. The predicted molar refractivity (Wildman–Crippen MR) is 94.5 cm³/mol.